The van der Waals surface area contributed by atoms with Crippen LogP contribution in [-0.4, -0.2) is 47.7 Å². The molecule has 2 saturated heterocycles. The Morgan fingerprint density at radius 2 is 2.22 bits per heavy atom. The van der Waals surface area contributed by atoms with Gasteiger partial charge in [0.1, 0.15) is 0 Å². The van der Waals surface area contributed by atoms with Crippen molar-refractivity contribution in [2.75, 3.05) is 26.2 Å². The van der Waals surface area contributed by atoms with Gasteiger partial charge in [0.05, 0.1) is 5.60 Å². The highest BCUT2D eigenvalue weighted by Crippen LogP contribution is 2.35. The normalized spacial score (nSPS) is 33.8. The Kier molecular flexibility index (Phi) is 3.70. The molecule has 2 aliphatic rings. The molecular formula is C14H26N2O2. The first kappa shape index (κ1) is 13.8. The van der Waals surface area contributed by atoms with Gasteiger partial charge in [-0.15, -0.1) is 0 Å². The van der Waals surface area contributed by atoms with Gasteiger partial charge in [0.15, 0.2) is 0 Å². The first-order valence-electron chi connectivity index (χ1n) is 7.05. The summed E-state index contributed by atoms with van der Waals surface area (Å²) >= 11 is 0. The van der Waals surface area contributed by atoms with Crippen LogP contribution in [-0.2, 0) is 4.79 Å². The van der Waals surface area contributed by atoms with Gasteiger partial charge in [-0.3, -0.25) is 4.79 Å². The van der Waals surface area contributed by atoms with Crippen LogP contribution < -0.4 is 5.32 Å². The van der Waals surface area contributed by atoms with Crippen molar-refractivity contribution in [2.24, 2.45) is 11.3 Å². The SMILES string of the molecule is CC1(O)CCN(C(=O)C(C)(C)C2CCCNC2)C1. The highest BCUT2D eigenvalue weighted by atomic mass is 16.3. The van der Waals surface area contributed by atoms with Crippen molar-refractivity contribution in [1.82, 2.24) is 10.2 Å². The minimum atomic E-state index is -0.698. The second kappa shape index (κ2) is 4.82. The van der Waals surface area contributed by atoms with Crippen LogP contribution in [0.2, 0.25) is 0 Å². The molecule has 2 fully saturated rings. The fourth-order valence-electron chi connectivity index (χ4n) is 3.17. The molecule has 2 heterocycles. The summed E-state index contributed by atoms with van der Waals surface area (Å²) in [6, 6.07) is 0. The van der Waals surface area contributed by atoms with E-state index < -0.39 is 5.60 Å². The van der Waals surface area contributed by atoms with Gasteiger partial charge in [0.25, 0.3) is 0 Å². The molecule has 1 amide bonds. The van der Waals surface area contributed by atoms with Gasteiger partial charge < -0.3 is 15.3 Å². The molecule has 4 heteroatoms. The van der Waals surface area contributed by atoms with E-state index >= 15 is 0 Å². The molecule has 2 N–H and O–H groups in total. The first-order valence-corrected chi connectivity index (χ1v) is 7.05. The molecule has 0 aromatic rings. The number of hydrogen-bond donors (Lipinski definition) is 2. The van der Waals surface area contributed by atoms with Crippen LogP contribution >= 0.6 is 0 Å². The minimum absolute atomic E-state index is 0.203. The van der Waals surface area contributed by atoms with Crippen molar-refractivity contribution in [3.63, 3.8) is 0 Å². The van der Waals surface area contributed by atoms with Gasteiger partial charge in [0, 0.05) is 18.5 Å². The number of nitrogens with one attached hydrogen (secondary N) is 1. The molecule has 0 radical (unpaired) electrons. The number of amides is 1. The predicted molar refractivity (Wildman–Crippen MR) is 71.2 cm³/mol. The second-order valence-corrected chi connectivity index (χ2v) is 6.74. The van der Waals surface area contributed by atoms with E-state index in [-0.39, 0.29) is 11.3 Å². The van der Waals surface area contributed by atoms with Crippen molar-refractivity contribution in [3.05, 3.63) is 0 Å². The molecule has 4 nitrogen and oxygen atoms in total. The summed E-state index contributed by atoms with van der Waals surface area (Å²) in [6.07, 6.45) is 2.97. The van der Waals surface area contributed by atoms with Crippen LogP contribution in [0, 0.1) is 11.3 Å². The monoisotopic (exact) mass is 254 g/mol. The number of aliphatic hydroxyl groups is 1. The molecule has 18 heavy (non-hydrogen) atoms. The van der Waals surface area contributed by atoms with Crippen LogP contribution in [0.3, 0.4) is 0 Å². The summed E-state index contributed by atoms with van der Waals surface area (Å²) in [5, 5.41) is 13.4. The first-order chi connectivity index (χ1) is 8.33. The number of carbonyl (C=O) groups excluding carboxylic acids is 1. The maximum absolute atomic E-state index is 12.6. The maximum Gasteiger partial charge on any atom is 0.228 e. The summed E-state index contributed by atoms with van der Waals surface area (Å²) in [5.74, 6) is 0.610. The predicted octanol–water partition coefficient (Wildman–Crippen LogP) is 0.995. The third kappa shape index (κ3) is 2.69. The number of rotatable bonds is 2. The molecule has 104 valence electrons. The van der Waals surface area contributed by atoms with E-state index in [2.05, 4.69) is 19.2 Å². The average molecular weight is 254 g/mol. The molecule has 2 unspecified atom stereocenters. The smallest absolute Gasteiger partial charge is 0.228 e. The lowest BCUT2D eigenvalue weighted by molar-refractivity contribution is -0.143. The van der Waals surface area contributed by atoms with Crippen LogP contribution in [0.15, 0.2) is 0 Å². The standard InChI is InChI=1S/C14H26N2O2/c1-13(2,11-5-4-7-15-9-11)12(17)16-8-6-14(3,18)10-16/h11,15,18H,4-10H2,1-3H3. The zero-order valence-corrected chi connectivity index (χ0v) is 11.8. The minimum Gasteiger partial charge on any atom is -0.388 e. The third-order valence-electron chi connectivity index (χ3n) is 4.61. The number of hydrogen-bond acceptors (Lipinski definition) is 3. The number of nitrogens with zero attached hydrogens (tertiary/aromatic N) is 1. The Balaban J connectivity index is 2.02. The number of piperidine rings is 1. The largest absolute Gasteiger partial charge is 0.388 e. The van der Waals surface area contributed by atoms with Gasteiger partial charge in [-0.1, -0.05) is 13.8 Å². The number of β-amino-alcohol motifs (C(OH)–C–C–N with tert-alkyl or cyclic N) is 1. The van der Waals surface area contributed by atoms with Crippen molar-refractivity contribution >= 4 is 5.91 Å². The summed E-state index contributed by atoms with van der Waals surface area (Å²) in [7, 11) is 0. The fourth-order valence-corrected chi connectivity index (χ4v) is 3.17. The summed E-state index contributed by atoms with van der Waals surface area (Å²) < 4.78 is 0. The van der Waals surface area contributed by atoms with E-state index in [1.807, 2.05) is 11.8 Å². The van der Waals surface area contributed by atoms with Crippen molar-refractivity contribution in [2.45, 2.75) is 45.6 Å². The molecule has 0 bridgehead atoms. The van der Waals surface area contributed by atoms with Gasteiger partial charge in [-0.25, -0.2) is 0 Å². The van der Waals surface area contributed by atoms with Gasteiger partial charge in [0.2, 0.25) is 5.91 Å². The van der Waals surface area contributed by atoms with Gasteiger partial charge in [-0.05, 0) is 45.2 Å². The van der Waals surface area contributed by atoms with E-state index in [0.29, 0.717) is 25.4 Å². The lowest BCUT2D eigenvalue weighted by Gasteiger charge is -2.38. The fraction of sp³-hybridized carbons (Fsp3) is 0.929. The number of likely N-dealkylation sites (tertiary alicyclic amines) is 1. The molecule has 2 rings (SSSR count). The van der Waals surface area contributed by atoms with Crippen molar-refractivity contribution < 1.29 is 9.90 Å². The van der Waals surface area contributed by atoms with E-state index in [1.54, 1.807) is 0 Å². The third-order valence-corrected chi connectivity index (χ3v) is 4.61. The summed E-state index contributed by atoms with van der Waals surface area (Å²) in [6.45, 7) is 9.10. The highest BCUT2D eigenvalue weighted by Gasteiger charge is 2.43. The molecule has 0 aliphatic carbocycles. The summed E-state index contributed by atoms with van der Waals surface area (Å²) in [5.41, 5.74) is -1.02. The molecular weight excluding hydrogens is 228 g/mol. The lowest BCUT2D eigenvalue weighted by Crippen LogP contribution is -2.49. The van der Waals surface area contributed by atoms with E-state index in [4.69, 9.17) is 0 Å². The number of carbonyl (C=O) groups is 1. The Labute approximate surface area is 110 Å². The molecule has 2 aliphatic heterocycles. The maximum atomic E-state index is 12.6. The van der Waals surface area contributed by atoms with Crippen molar-refractivity contribution in [1.29, 1.82) is 0 Å². The Morgan fingerprint density at radius 1 is 1.50 bits per heavy atom. The van der Waals surface area contributed by atoms with Crippen LogP contribution in [0.4, 0.5) is 0 Å². The topological polar surface area (TPSA) is 52.6 Å². The van der Waals surface area contributed by atoms with Crippen LogP contribution in [0.25, 0.3) is 0 Å². The van der Waals surface area contributed by atoms with Gasteiger partial charge >= 0.3 is 0 Å². The summed E-state index contributed by atoms with van der Waals surface area (Å²) in [4.78, 5) is 14.5. The molecule has 0 aromatic carbocycles. The zero-order valence-electron chi connectivity index (χ0n) is 11.8. The molecule has 2 atom stereocenters. The van der Waals surface area contributed by atoms with E-state index in [9.17, 15) is 9.90 Å². The Morgan fingerprint density at radius 3 is 2.72 bits per heavy atom. The van der Waals surface area contributed by atoms with Gasteiger partial charge in [-0.2, -0.15) is 0 Å². The van der Waals surface area contributed by atoms with E-state index in [1.165, 1.54) is 0 Å². The van der Waals surface area contributed by atoms with Crippen LogP contribution in [0.5, 0.6) is 0 Å². The average Bonchev–Trinajstić information content (AvgIpc) is 2.69. The molecule has 0 aromatic heterocycles. The second-order valence-electron chi connectivity index (χ2n) is 6.74. The molecule has 0 spiro atoms. The highest BCUT2D eigenvalue weighted by molar-refractivity contribution is 5.82. The zero-order chi connectivity index (χ0) is 13.4. The quantitative estimate of drug-likeness (QED) is 0.773. The Bertz CT molecular complexity index is 320. The van der Waals surface area contributed by atoms with E-state index in [0.717, 1.165) is 25.9 Å². The lowest BCUT2D eigenvalue weighted by atomic mass is 9.74. The Hall–Kier alpha value is -0.610. The van der Waals surface area contributed by atoms with Crippen molar-refractivity contribution in [3.8, 4) is 0 Å². The molecule has 0 saturated carbocycles. The van der Waals surface area contributed by atoms with Crippen LogP contribution in [0.1, 0.15) is 40.0 Å².